The van der Waals surface area contributed by atoms with E-state index in [-0.39, 0.29) is 0 Å². The molecule has 0 bridgehead atoms. The average molecular weight is 277 g/mol. The van der Waals surface area contributed by atoms with Crippen LogP contribution in [0.15, 0.2) is 24.3 Å². The Morgan fingerprint density at radius 3 is 2.55 bits per heavy atom. The molecule has 3 heteroatoms. The molecule has 0 unspecified atom stereocenters. The third-order valence-electron chi connectivity index (χ3n) is 4.12. The Balaban J connectivity index is 1.81. The van der Waals surface area contributed by atoms with Gasteiger partial charge in [-0.15, -0.1) is 0 Å². The lowest BCUT2D eigenvalue weighted by Crippen LogP contribution is -2.39. The Morgan fingerprint density at radius 2 is 1.85 bits per heavy atom. The largest absolute Gasteiger partial charge is 0.389 e. The van der Waals surface area contributed by atoms with E-state index in [1.54, 1.807) is 7.11 Å². The fourth-order valence-electron chi connectivity index (χ4n) is 3.00. The number of benzene rings is 1. The number of aliphatic hydroxyl groups is 1. The van der Waals surface area contributed by atoms with E-state index in [9.17, 15) is 5.11 Å². The average Bonchev–Trinajstić information content (AvgIpc) is 2.65. The van der Waals surface area contributed by atoms with E-state index >= 15 is 0 Å². The van der Waals surface area contributed by atoms with Gasteiger partial charge in [-0.3, -0.25) is 0 Å². The highest BCUT2D eigenvalue weighted by atomic mass is 16.5. The van der Waals surface area contributed by atoms with E-state index in [0.717, 1.165) is 32.2 Å². The quantitative estimate of drug-likeness (QED) is 0.785. The minimum atomic E-state index is -0.499. The molecule has 1 fully saturated rings. The molecule has 2 rings (SSSR count). The lowest BCUT2D eigenvalue weighted by Gasteiger charge is -2.27. The van der Waals surface area contributed by atoms with Gasteiger partial charge in [-0.1, -0.05) is 49.9 Å². The van der Waals surface area contributed by atoms with Gasteiger partial charge in [0.15, 0.2) is 0 Å². The second-order valence-corrected chi connectivity index (χ2v) is 6.00. The molecule has 0 saturated heterocycles. The molecular formula is C17H27NO2. The maximum atomic E-state index is 10.6. The third kappa shape index (κ3) is 4.89. The van der Waals surface area contributed by atoms with Crippen molar-refractivity contribution >= 4 is 0 Å². The Kier molecular flexibility index (Phi) is 6.02. The summed E-state index contributed by atoms with van der Waals surface area (Å²) >= 11 is 0. The molecule has 112 valence electrons. The molecule has 1 aliphatic carbocycles. The van der Waals surface area contributed by atoms with Crippen molar-refractivity contribution in [2.24, 2.45) is 0 Å². The van der Waals surface area contributed by atoms with E-state index < -0.39 is 5.60 Å². The van der Waals surface area contributed by atoms with Gasteiger partial charge in [0, 0.05) is 20.2 Å². The van der Waals surface area contributed by atoms with Crippen molar-refractivity contribution < 1.29 is 9.84 Å². The predicted octanol–water partition coefficient (Wildman–Crippen LogP) is 3.01. The first-order valence-corrected chi connectivity index (χ1v) is 7.72. The molecule has 3 nitrogen and oxygen atoms in total. The molecule has 1 aromatic rings. The maximum absolute atomic E-state index is 10.6. The molecule has 1 aliphatic rings. The topological polar surface area (TPSA) is 41.5 Å². The van der Waals surface area contributed by atoms with Crippen LogP contribution in [-0.2, 0) is 17.9 Å². The number of hydrogen-bond acceptors (Lipinski definition) is 3. The number of nitrogens with one attached hydrogen (secondary N) is 1. The van der Waals surface area contributed by atoms with Crippen molar-refractivity contribution in [3.05, 3.63) is 35.4 Å². The molecule has 0 aromatic heterocycles. The number of rotatable bonds is 6. The normalized spacial score (nSPS) is 18.7. The highest BCUT2D eigenvalue weighted by Crippen LogP contribution is 2.26. The molecule has 0 aliphatic heterocycles. The molecule has 0 atom stereocenters. The summed E-state index contributed by atoms with van der Waals surface area (Å²) in [6.45, 7) is 2.15. The first kappa shape index (κ1) is 15.5. The Hall–Kier alpha value is -0.900. The zero-order valence-electron chi connectivity index (χ0n) is 12.5. The lowest BCUT2D eigenvalue weighted by molar-refractivity contribution is 0.0250. The Labute approximate surface area is 122 Å². The fraction of sp³-hybridized carbons (Fsp3) is 0.647. The van der Waals surface area contributed by atoms with Crippen molar-refractivity contribution in [1.29, 1.82) is 0 Å². The Bertz CT molecular complexity index is 398. The zero-order chi connectivity index (χ0) is 14.3. The van der Waals surface area contributed by atoms with Crippen molar-refractivity contribution in [2.45, 2.75) is 57.3 Å². The number of ether oxygens (including phenoxy) is 1. The summed E-state index contributed by atoms with van der Waals surface area (Å²) in [5, 5.41) is 14.0. The van der Waals surface area contributed by atoms with Crippen LogP contribution < -0.4 is 5.32 Å². The second-order valence-electron chi connectivity index (χ2n) is 6.00. The molecule has 2 N–H and O–H groups in total. The minimum absolute atomic E-state index is 0.499. The zero-order valence-corrected chi connectivity index (χ0v) is 12.5. The van der Waals surface area contributed by atoms with Crippen LogP contribution in [0.25, 0.3) is 0 Å². The fourth-order valence-corrected chi connectivity index (χ4v) is 3.00. The minimum Gasteiger partial charge on any atom is -0.389 e. The summed E-state index contributed by atoms with van der Waals surface area (Å²) in [5.41, 5.74) is 1.94. The van der Waals surface area contributed by atoms with E-state index in [0.29, 0.717) is 13.2 Å². The molecule has 0 heterocycles. The molecule has 1 aromatic carbocycles. The van der Waals surface area contributed by atoms with Crippen LogP contribution in [0.3, 0.4) is 0 Å². The van der Waals surface area contributed by atoms with Crippen LogP contribution in [0.4, 0.5) is 0 Å². The van der Waals surface area contributed by atoms with Gasteiger partial charge < -0.3 is 15.2 Å². The van der Waals surface area contributed by atoms with Crippen LogP contribution in [0, 0.1) is 0 Å². The highest BCUT2D eigenvalue weighted by molar-refractivity contribution is 5.22. The summed E-state index contributed by atoms with van der Waals surface area (Å²) in [5.74, 6) is 0. The molecule has 20 heavy (non-hydrogen) atoms. The lowest BCUT2D eigenvalue weighted by atomic mass is 9.94. The van der Waals surface area contributed by atoms with E-state index in [4.69, 9.17) is 4.74 Å². The van der Waals surface area contributed by atoms with Crippen LogP contribution in [0.1, 0.15) is 49.7 Å². The summed E-state index contributed by atoms with van der Waals surface area (Å²) in [6.07, 6.45) is 6.71. The van der Waals surface area contributed by atoms with E-state index in [1.807, 2.05) is 0 Å². The van der Waals surface area contributed by atoms with Gasteiger partial charge in [-0.25, -0.2) is 0 Å². The molecule has 0 radical (unpaired) electrons. The summed E-state index contributed by atoms with van der Waals surface area (Å²) in [4.78, 5) is 0. The molecular weight excluding hydrogens is 250 g/mol. The SMILES string of the molecule is COCc1cccc(CNCC2(O)CCCCCC2)c1. The first-order chi connectivity index (χ1) is 9.72. The monoisotopic (exact) mass is 277 g/mol. The van der Waals surface area contributed by atoms with Gasteiger partial charge in [0.1, 0.15) is 0 Å². The molecule has 0 spiro atoms. The van der Waals surface area contributed by atoms with E-state index in [2.05, 4.69) is 29.6 Å². The van der Waals surface area contributed by atoms with Crippen LogP contribution in [0.2, 0.25) is 0 Å². The van der Waals surface area contributed by atoms with Crippen molar-refractivity contribution in [3.63, 3.8) is 0 Å². The van der Waals surface area contributed by atoms with Gasteiger partial charge in [0.25, 0.3) is 0 Å². The smallest absolute Gasteiger partial charge is 0.0771 e. The maximum Gasteiger partial charge on any atom is 0.0771 e. The molecule has 1 saturated carbocycles. The van der Waals surface area contributed by atoms with Gasteiger partial charge in [-0.05, 0) is 24.0 Å². The van der Waals surface area contributed by atoms with Crippen molar-refractivity contribution in [1.82, 2.24) is 5.32 Å². The molecule has 0 amide bonds. The standard InChI is InChI=1S/C17H27NO2/c1-20-13-16-8-6-7-15(11-16)12-18-14-17(19)9-4-2-3-5-10-17/h6-8,11,18-19H,2-5,9-10,12-14H2,1H3. The van der Waals surface area contributed by atoms with Crippen molar-refractivity contribution in [3.8, 4) is 0 Å². The van der Waals surface area contributed by atoms with Gasteiger partial charge in [-0.2, -0.15) is 0 Å². The summed E-state index contributed by atoms with van der Waals surface area (Å²) in [7, 11) is 1.71. The first-order valence-electron chi connectivity index (χ1n) is 7.72. The second kappa shape index (κ2) is 7.77. The van der Waals surface area contributed by atoms with Crippen LogP contribution in [-0.4, -0.2) is 24.4 Å². The van der Waals surface area contributed by atoms with Crippen molar-refractivity contribution in [2.75, 3.05) is 13.7 Å². The summed E-state index contributed by atoms with van der Waals surface area (Å²) in [6, 6.07) is 8.41. The van der Waals surface area contributed by atoms with Crippen LogP contribution >= 0.6 is 0 Å². The van der Waals surface area contributed by atoms with Crippen LogP contribution in [0.5, 0.6) is 0 Å². The highest BCUT2D eigenvalue weighted by Gasteiger charge is 2.27. The number of methoxy groups -OCH3 is 1. The number of hydrogen-bond donors (Lipinski definition) is 2. The van der Waals surface area contributed by atoms with Gasteiger partial charge >= 0.3 is 0 Å². The Morgan fingerprint density at radius 1 is 1.15 bits per heavy atom. The predicted molar refractivity (Wildman–Crippen MR) is 81.5 cm³/mol. The van der Waals surface area contributed by atoms with Gasteiger partial charge in [0.2, 0.25) is 0 Å². The third-order valence-corrected chi connectivity index (χ3v) is 4.12. The summed E-state index contributed by atoms with van der Waals surface area (Å²) < 4.78 is 5.15. The van der Waals surface area contributed by atoms with Gasteiger partial charge in [0.05, 0.1) is 12.2 Å². The van der Waals surface area contributed by atoms with E-state index in [1.165, 1.54) is 24.0 Å².